The number of non-ortho nitro benzene ring substituents is 2. The fourth-order valence-electron chi connectivity index (χ4n) is 4.08. The Hall–Kier alpha value is -4.17. The molecule has 0 heterocycles. The molecular weight excluding hydrogens is 476 g/mol. The molecular formula is C28H24N2O5S. The van der Waals surface area contributed by atoms with Crippen LogP contribution in [-0.4, -0.2) is 14.1 Å². The quantitative estimate of drug-likeness (QED) is 0.197. The molecule has 0 aliphatic carbocycles. The second-order valence-corrected chi connectivity index (χ2v) is 10.2. The molecule has 0 bridgehead atoms. The molecule has 0 N–H and O–H groups in total. The molecule has 0 spiro atoms. The zero-order chi connectivity index (χ0) is 25.8. The first-order valence-corrected chi connectivity index (χ1v) is 12.5. The van der Waals surface area contributed by atoms with E-state index in [0.717, 1.165) is 22.3 Å². The highest BCUT2D eigenvalue weighted by Gasteiger charge is 2.31. The Bertz CT molecular complexity index is 1290. The van der Waals surface area contributed by atoms with Crippen molar-refractivity contribution < 1.29 is 14.1 Å². The first-order valence-electron chi connectivity index (χ1n) is 11.3. The summed E-state index contributed by atoms with van der Waals surface area (Å²) in [7, 11) is -1.59. The van der Waals surface area contributed by atoms with Crippen LogP contribution in [0.15, 0.2) is 97.1 Å². The van der Waals surface area contributed by atoms with Crippen LogP contribution >= 0.6 is 0 Å². The van der Waals surface area contributed by atoms with Crippen molar-refractivity contribution in [3.63, 3.8) is 0 Å². The zero-order valence-electron chi connectivity index (χ0n) is 19.7. The average molecular weight is 501 g/mol. The van der Waals surface area contributed by atoms with E-state index in [1.807, 2.05) is 62.4 Å². The van der Waals surface area contributed by atoms with Crippen LogP contribution in [0, 0.1) is 34.1 Å². The number of hydrogen-bond acceptors (Lipinski definition) is 5. The Morgan fingerprint density at radius 1 is 0.528 bits per heavy atom. The van der Waals surface area contributed by atoms with E-state index in [0.29, 0.717) is 11.1 Å². The van der Waals surface area contributed by atoms with Crippen molar-refractivity contribution in [2.24, 2.45) is 0 Å². The molecule has 4 aromatic rings. The number of nitrogens with zero attached hydrogens (tertiary/aromatic N) is 2. The molecule has 0 radical (unpaired) electrons. The number of nitro benzene ring substituents is 2. The maximum absolute atomic E-state index is 14.5. The summed E-state index contributed by atoms with van der Waals surface area (Å²) in [5, 5.41) is 21.2. The van der Waals surface area contributed by atoms with Gasteiger partial charge < -0.3 is 0 Å². The molecule has 2 unspecified atom stereocenters. The largest absolute Gasteiger partial charge is 0.269 e. The van der Waals surface area contributed by atoms with E-state index in [1.54, 1.807) is 24.3 Å². The zero-order valence-corrected chi connectivity index (χ0v) is 20.6. The van der Waals surface area contributed by atoms with Crippen LogP contribution in [0.5, 0.6) is 0 Å². The monoisotopic (exact) mass is 500 g/mol. The molecule has 2 atom stereocenters. The molecule has 0 aliphatic heterocycles. The molecule has 0 saturated carbocycles. The number of aryl methyl sites for hydroxylation is 2. The fraction of sp³-hybridized carbons (Fsp3) is 0.143. The lowest BCUT2D eigenvalue weighted by Crippen LogP contribution is -2.17. The summed E-state index contributed by atoms with van der Waals surface area (Å²) in [4.78, 5) is 21.5. The minimum atomic E-state index is -1.59. The van der Waals surface area contributed by atoms with Crippen LogP contribution in [0.1, 0.15) is 43.9 Å². The number of benzene rings is 4. The first kappa shape index (κ1) is 24.9. The molecule has 7 nitrogen and oxygen atoms in total. The van der Waals surface area contributed by atoms with Gasteiger partial charge in [0.05, 0.1) is 20.3 Å². The lowest BCUT2D eigenvalue weighted by Gasteiger charge is -2.25. The standard InChI is InChI=1S/C28H24N2O5S/c1-19-3-7-21(8-4-19)27(23-11-15-25(16-12-23)29(31)32)36(35)28(22-9-5-20(2)6-10-22)24-13-17-26(18-14-24)30(33)34/h3-18,27-28H,1-2H3. The number of hydrogen-bond donors (Lipinski definition) is 0. The molecule has 36 heavy (non-hydrogen) atoms. The average Bonchev–Trinajstić information content (AvgIpc) is 2.87. The fourth-order valence-corrected chi connectivity index (χ4v) is 6.06. The smallest absolute Gasteiger partial charge is 0.258 e. The van der Waals surface area contributed by atoms with E-state index in [9.17, 15) is 24.4 Å². The van der Waals surface area contributed by atoms with Crippen LogP contribution in [-0.2, 0) is 10.8 Å². The molecule has 4 rings (SSSR count). The summed E-state index contributed by atoms with van der Waals surface area (Å²) in [6.07, 6.45) is 0. The van der Waals surface area contributed by atoms with Crippen molar-refractivity contribution in [2.45, 2.75) is 24.3 Å². The Balaban J connectivity index is 1.87. The Morgan fingerprint density at radius 3 is 1.03 bits per heavy atom. The van der Waals surface area contributed by atoms with E-state index >= 15 is 0 Å². The summed E-state index contributed by atoms with van der Waals surface area (Å²) in [5.41, 5.74) is 5.01. The van der Waals surface area contributed by atoms with Crippen LogP contribution in [0.2, 0.25) is 0 Å². The van der Waals surface area contributed by atoms with Gasteiger partial charge >= 0.3 is 0 Å². The topological polar surface area (TPSA) is 103 Å². The predicted octanol–water partition coefficient (Wildman–Crippen LogP) is 6.75. The van der Waals surface area contributed by atoms with E-state index < -0.39 is 31.1 Å². The van der Waals surface area contributed by atoms with Crippen LogP contribution in [0.25, 0.3) is 0 Å². The maximum Gasteiger partial charge on any atom is 0.269 e. The maximum atomic E-state index is 14.5. The summed E-state index contributed by atoms with van der Waals surface area (Å²) in [6, 6.07) is 27.7. The second-order valence-electron chi connectivity index (χ2n) is 8.61. The van der Waals surface area contributed by atoms with Crippen molar-refractivity contribution in [3.05, 3.63) is 151 Å². The van der Waals surface area contributed by atoms with E-state index in [2.05, 4.69) is 0 Å². The second kappa shape index (κ2) is 10.6. The van der Waals surface area contributed by atoms with Crippen molar-refractivity contribution in [3.8, 4) is 0 Å². The third kappa shape index (κ3) is 5.39. The van der Waals surface area contributed by atoms with Crippen molar-refractivity contribution in [1.82, 2.24) is 0 Å². The Labute approximate surface area is 211 Å². The predicted molar refractivity (Wildman–Crippen MR) is 140 cm³/mol. The van der Waals surface area contributed by atoms with Gasteiger partial charge in [-0.05, 0) is 36.1 Å². The molecule has 0 amide bonds. The molecule has 0 fully saturated rings. The third-order valence-corrected chi connectivity index (χ3v) is 8.06. The lowest BCUT2D eigenvalue weighted by molar-refractivity contribution is -0.385. The highest BCUT2D eigenvalue weighted by atomic mass is 32.2. The van der Waals surface area contributed by atoms with Gasteiger partial charge in [0, 0.05) is 35.1 Å². The Kier molecular flexibility index (Phi) is 7.36. The summed E-state index contributed by atoms with van der Waals surface area (Å²) >= 11 is 0. The molecule has 0 aromatic heterocycles. The third-order valence-electron chi connectivity index (χ3n) is 6.04. The van der Waals surface area contributed by atoms with Gasteiger partial charge in [-0.15, -0.1) is 0 Å². The minimum absolute atomic E-state index is 0.0439. The van der Waals surface area contributed by atoms with Gasteiger partial charge in [0.1, 0.15) is 0 Å². The van der Waals surface area contributed by atoms with E-state index in [4.69, 9.17) is 0 Å². The number of nitro groups is 2. The van der Waals surface area contributed by atoms with E-state index in [1.165, 1.54) is 24.3 Å². The molecule has 8 heteroatoms. The molecule has 4 aromatic carbocycles. The van der Waals surface area contributed by atoms with Crippen molar-refractivity contribution in [2.75, 3.05) is 0 Å². The van der Waals surface area contributed by atoms with Crippen molar-refractivity contribution in [1.29, 1.82) is 0 Å². The highest BCUT2D eigenvalue weighted by Crippen LogP contribution is 2.40. The van der Waals surface area contributed by atoms with Gasteiger partial charge in [0.15, 0.2) is 0 Å². The molecule has 0 aliphatic rings. The Morgan fingerprint density at radius 2 is 0.778 bits per heavy atom. The summed E-state index contributed by atoms with van der Waals surface area (Å²) in [5.74, 6) is 0. The lowest BCUT2D eigenvalue weighted by atomic mass is 10.0. The molecule has 0 saturated heterocycles. The summed E-state index contributed by atoms with van der Waals surface area (Å²) < 4.78 is 14.5. The normalized spacial score (nSPS) is 13.5. The van der Waals surface area contributed by atoms with Gasteiger partial charge in [-0.2, -0.15) is 0 Å². The van der Waals surface area contributed by atoms with Crippen molar-refractivity contribution >= 4 is 22.2 Å². The number of rotatable bonds is 8. The van der Waals surface area contributed by atoms with Gasteiger partial charge in [-0.25, -0.2) is 0 Å². The summed E-state index contributed by atoms with van der Waals surface area (Å²) in [6.45, 7) is 3.93. The van der Waals surface area contributed by atoms with Gasteiger partial charge in [0.25, 0.3) is 11.4 Å². The van der Waals surface area contributed by atoms with Crippen LogP contribution < -0.4 is 0 Å². The van der Waals surface area contributed by atoms with E-state index in [-0.39, 0.29) is 11.4 Å². The van der Waals surface area contributed by atoms with Crippen LogP contribution in [0.3, 0.4) is 0 Å². The van der Waals surface area contributed by atoms with Crippen LogP contribution in [0.4, 0.5) is 11.4 Å². The minimum Gasteiger partial charge on any atom is -0.258 e. The highest BCUT2D eigenvalue weighted by molar-refractivity contribution is 7.86. The SMILES string of the molecule is Cc1ccc(C(c2ccc([N+](=O)[O-])cc2)S(=O)C(c2ccc(C)cc2)c2ccc([N+](=O)[O-])cc2)cc1. The van der Waals surface area contributed by atoms with Gasteiger partial charge in [0.2, 0.25) is 0 Å². The first-order chi connectivity index (χ1) is 17.2. The molecule has 182 valence electrons. The van der Waals surface area contributed by atoms with Gasteiger partial charge in [-0.1, -0.05) is 83.9 Å². The van der Waals surface area contributed by atoms with Gasteiger partial charge in [-0.3, -0.25) is 24.4 Å².